The van der Waals surface area contributed by atoms with Crippen LogP contribution >= 0.6 is 22.9 Å². The summed E-state index contributed by atoms with van der Waals surface area (Å²) in [6, 6.07) is 7.15. The Labute approximate surface area is 143 Å². The largest absolute Gasteiger partial charge is 0.327 e. The minimum atomic E-state index is -1.19. The summed E-state index contributed by atoms with van der Waals surface area (Å²) < 4.78 is 27.7. The average Bonchev–Trinajstić information content (AvgIpc) is 2.90. The molecule has 0 spiro atoms. The number of carbonyl (C=O) groups is 2. The van der Waals surface area contributed by atoms with Gasteiger partial charge in [-0.15, -0.1) is 0 Å². The zero-order valence-corrected chi connectivity index (χ0v) is 13.3. The lowest BCUT2D eigenvalue weighted by Crippen LogP contribution is -2.35. The topological polar surface area (TPSA) is 71.1 Å². The molecule has 2 aromatic carbocycles. The van der Waals surface area contributed by atoms with Gasteiger partial charge in [-0.1, -0.05) is 35.1 Å². The van der Waals surface area contributed by atoms with Crippen molar-refractivity contribution in [3.63, 3.8) is 0 Å². The van der Waals surface area contributed by atoms with Crippen molar-refractivity contribution < 1.29 is 18.4 Å². The van der Waals surface area contributed by atoms with Gasteiger partial charge in [0.2, 0.25) is 0 Å². The number of nitrogens with zero attached hydrogens (tertiary/aromatic N) is 1. The van der Waals surface area contributed by atoms with E-state index in [-0.39, 0.29) is 5.13 Å². The first kappa shape index (κ1) is 16.3. The fraction of sp³-hybridized carbons (Fsp3) is 0. The number of para-hydroxylation sites is 1. The summed E-state index contributed by atoms with van der Waals surface area (Å²) in [5.41, 5.74) is -0.328. The normalized spacial score (nSPS) is 10.6. The molecule has 0 saturated heterocycles. The van der Waals surface area contributed by atoms with E-state index < -0.39 is 29.1 Å². The van der Waals surface area contributed by atoms with E-state index in [1.54, 1.807) is 18.2 Å². The third-order valence-electron chi connectivity index (χ3n) is 3.01. The molecule has 3 rings (SSSR count). The Bertz CT molecular complexity index is 941. The number of hydrogen-bond donors (Lipinski definition) is 2. The number of hydrogen-bond acceptors (Lipinski definition) is 4. The van der Waals surface area contributed by atoms with Crippen molar-refractivity contribution in [3.8, 4) is 0 Å². The molecule has 3 aromatic rings. The van der Waals surface area contributed by atoms with Crippen LogP contribution in [-0.4, -0.2) is 16.9 Å². The minimum Gasteiger partial charge on any atom is -0.283 e. The van der Waals surface area contributed by atoms with Crippen LogP contribution in [0.5, 0.6) is 0 Å². The molecule has 0 aliphatic rings. The van der Waals surface area contributed by atoms with Crippen LogP contribution in [0.4, 0.5) is 18.7 Å². The molecule has 24 heavy (non-hydrogen) atoms. The predicted octanol–water partition coefficient (Wildman–Crippen LogP) is 4.19. The zero-order chi connectivity index (χ0) is 17.3. The van der Waals surface area contributed by atoms with Gasteiger partial charge in [0, 0.05) is 0 Å². The summed E-state index contributed by atoms with van der Waals surface area (Å²) in [5, 5.41) is 4.79. The van der Waals surface area contributed by atoms with Crippen LogP contribution in [0.3, 0.4) is 0 Å². The lowest BCUT2D eigenvalue weighted by molar-refractivity contribution is 0.0959. The van der Waals surface area contributed by atoms with E-state index in [0.29, 0.717) is 10.5 Å². The molecule has 3 amide bonds. The molecule has 0 aliphatic heterocycles. The smallest absolute Gasteiger partial charge is 0.283 e. The highest BCUT2D eigenvalue weighted by atomic mass is 35.5. The Morgan fingerprint density at radius 1 is 1.08 bits per heavy atom. The molecular weight excluding hydrogens is 360 g/mol. The number of imide groups is 1. The summed E-state index contributed by atoms with van der Waals surface area (Å²) in [6.45, 7) is 0. The van der Waals surface area contributed by atoms with Gasteiger partial charge in [-0.3, -0.25) is 15.4 Å². The first-order chi connectivity index (χ1) is 11.5. The van der Waals surface area contributed by atoms with Gasteiger partial charge in [0.15, 0.2) is 5.13 Å². The quantitative estimate of drug-likeness (QED) is 0.713. The minimum absolute atomic E-state index is 0.192. The maximum atomic E-state index is 13.5. The Balaban J connectivity index is 1.75. The number of carbonyl (C=O) groups excluding carboxylic acids is 2. The summed E-state index contributed by atoms with van der Waals surface area (Å²) in [6.07, 6.45) is 0. The van der Waals surface area contributed by atoms with E-state index in [9.17, 15) is 18.4 Å². The van der Waals surface area contributed by atoms with Crippen LogP contribution in [0.25, 0.3) is 10.2 Å². The van der Waals surface area contributed by atoms with Gasteiger partial charge in [0.05, 0.1) is 9.72 Å². The van der Waals surface area contributed by atoms with E-state index in [1.807, 2.05) is 5.32 Å². The molecule has 1 heterocycles. The van der Waals surface area contributed by atoms with Crippen molar-refractivity contribution in [2.45, 2.75) is 0 Å². The highest BCUT2D eigenvalue weighted by molar-refractivity contribution is 7.22. The molecule has 0 atom stereocenters. The van der Waals surface area contributed by atoms with Gasteiger partial charge >= 0.3 is 6.03 Å². The molecular formula is C15H8ClF2N3O2S. The van der Waals surface area contributed by atoms with E-state index in [0.717, 1.165) is 34.2 Å². The molecule has 122 valence electrons. The molecule has 2 N–H and O–H groups in total. The fourth-order valence-electron chi connectivity index (χ4n) is 1.98. The van der Waals surface area contributed by atoms with Crippen LogP contribution in [-0.2, 0) is 0 Å². The van der Waals surface area contributed by atoms with E-state index >= 15 is 0 Å². The van der Waals surface area contributed by atoms with Crippen LogP contribution in [0, 0.1) is 11.6 Å². The van der Waals surface area contributed by atoms with Crippen LogP contribution in [0.2, 0.25) is 5.02 Å². The van der Waals surface area contributed by atoms with Gasteiger partial charge < -0.3 is 0 Å². The molecule has 0 saturated carbocycles. The fourth-order valence-corrected chi connectivity index (χ4v) is 3.14. The molecule has 0 bridgehead atoms. The second-order valence-electron chi connectivity index (χ2n) is 4.61. The van der Waals surface area contributed by atoms with Crippen LogP contribution in [0.1, 0.15) is 10.4 Å². The number of fused-ring (bicyclic) bond motifs is 1. The average molecular weight is 368 g/mol. The standard InChI is InChI=1S/C15H8ClF2N3O2S/c16-7-3-1-6-10-12(7)19-15(24-10)21-14(23)20-13(22)11-8(17)4-2-5-9(11)18/h1-6H,(H2,19,20,21,22,23). The van der Waals surface area contributed by atoms with Gasteiger partial charge in [-0.05, 0) is 24.3 Å². The second-order valence-corrected chi connectivity index (χ2v) is 6.05. The third-order valence-corrected chi connectivity index (χ3v) is 4.25. The van der Waals surface area contributed by atoms with Crippen LogP contribution in [0.15, 0.2) is 36.4 Å². The van der Waals surface area contributed by atoms with Crippen molar-refractivity contribution >= 4 is 50.2 Å². The first-order valence-corrected chi connectivity index (χ1v) is 7.76. The monoisotopic (exact) mass is 367 g/mol. The molecule has 0 aliphatic carbocycles. The lowest BCUT2D eigenvalue weighted by atomic mass is 10.2. The molecule has 0 radical (unpaired) electrons. The number of amides is 3. The predicted molar refractivity (Wildman–Crippen MR) is 87.5 cm³/mol. The number of halogens is 3. The third kappa shape index (κ3) is 3.19. The van der Waals surface area contributed by atoms with Gasteiger partial charge in [0.1, 0.15) is 22.7 Å². The summed E-state index contributed by atoms with van der Waals surface area (Å²) in [4.78, 5) is 27.8. The van der Waals surface area contributed by atoms with Crippen molar-refractivity contribution in [1.82, 2.24) is 10.3 Å². The van der Waals surface area contributed by atoms with Gasteiger partial charge in [-0.2, -0.15) is 0 Å². The Morgan fingerprint density at radius 3 is 2.42 bits per heavy atom. The molecule has 9 heteroatoms. The highest BCUT2D eigenvalue weighted by Gasteiger charge is 2.19. The highest BCUT2D eigenvalue weighted by Crippen LogP contribution is 2.30. The van der Waals surface area contributed by atoms with Crippen LogP contribution < -0.4 is 10.6 Å². The summed E-state index contributed by atoms with van der Waals surface area (Å²) in [5.74, 6) is -3.32. The number of anilines is 1. The van der Waals surface area contributed by atoms with E-state index in [1.165, 1.54) is 0 Å². The Morgan fingerprint density at radius 2 is 1.75 bits per heavy atom. The molecule has 5 nitrogen and oxygen atoms in total. The summed E-state index contributed by atoms with van der Waals surface area (Å²) >= 11 is 7.13. The second kappa shape index (κ2) is 6.50. The molecule has 1 aromatic heterocycles. The Kier molecular flexibility index (Phi) is 4.41. The first-order valence-electron chi connectivity index (χ1n) is 6.57. The van der Waals surface area contributed by atoms with Gasteiger partial charge in [-0.25, -0.2) is 18.6 Å². The van der Waals surface area contributed by atoms with Crippen molar-refractivity contribution in [1.29, 1.82) is 0 Å². The number of benzene rings is 2. The Hall–Kier alpha value is -2.58. The number of thiazole rings is 1. The van der Waals surface area contributed by atoms with Crippen molar-refractivity contribution in [2.75, 3.05) is 5.32 Å². The lowest BCUT2D eigenvalue weighted by Gasteiger charge is -2.06. The number of nitrogens with one attached hydrogen (secondary N) is 2. The number of urea groups is 1. The number of aromatic nitrogens is 1. The van der Waals surface area contributed by atoms with E-state index in [2.05, 4.69) is 10.3 Å². The summed E-state index contributed by atoms with van der Waals surface area (Å²) in [7, 11) is 0. The van der Waals surface area contributed by atoms with Crippen molar-refractivity contribution in [3.05, 3.63) is 58.6 Å². The zero-order valence-electron chi connectivity index (χ0n) is 11.8. The maximum absolute atomic E-state index is 13.5. The molecule has 0 unspecified atom stereocenters. The number of rotatable bonds is 2. The van der Waals surface area contributed by atoms with Crippen molar-refractivity contribution in [2.24, 2.45) is 0 Å². The maximum Gasteiger partial charge on any atom is 0.327 e. The van der Waals surface area contributed by atoms with Gasteiger partial charge in [0.25, 0.3) is 5.91 Å². The SMILES string of the molecule is O=C(NC(=O)c1c(F)cccc1F)Nc1nc2c(Cl)cccc2s1. The van der Waals surface area contributed by atoms with E-state index in [4.69, 9.17) is 11.6 Å². The molecule has 0 fully saturated rings.